The van der Waals surface area contributed by atoms with Gasteiger partial charge in [-0.05, 0) is 24.1 Å². The molecule has 1 aromatic carbocycles. The van der Waals surface area contributed by atoms with Gasteiger partial charge >= 0.3 is 5.97 Å². The summed E-state index contributed by atoms with van der Waals surface area (Å²) in [5.74, 6) is -0.280. The van der Waals surface area contributed by atoms with Gasteiger partial charge in [0.25, 0.3) is 0 Å². The van der Waals surface area contributed by atoms with Crippen LogP contribution in [0.25, 0.3) is 0 Å². The lowest BCUT2D eigenvalue weighted by atomic mass is 10.1. The second kappa shape index (κ2) is 5.34. The van der Waals surface area contributed by atoms with Gasteiger partial charge in [0.2, 0.25) is 0 Å². The van der Waals surface area contributed by atoms with Crippen LogP contribution in [0, 0.1) is 0 Å². The molecule has 2 nitrogen and oxygen atoms in total. The van der Waals surface area contributed by atoms with E-state index in [4.69, 9.17) is 0 Å². The van der Waals surface area contributed by atoms with Crippen LogP contribution in [-0.2, 0) is 4.74 Å². The molecular weight excluding hydrogens is 291 g/mol. The van der Waals surface area contributed by atoms with Gasteiger partial charge < -0.3 is 4.74 Å². The molecule has 0 fully saturated rings. The lowest BCUT2D eigenvalue weighted by molar-refractivity contribution is 0.0600. The average molecular weight is 304 g/mol. The van der Waals surface area contributed by atoms with Crippen molar-refractivity contribution in [3.63, 3.8) is 0 Å². The first-order chi connectivity index (χ1) is 6.69. The van der Waals surface area contributed by atoms with Crippen LogP contribution >= 0.6 is 22.6 Å². The summed E-state index contributed by atoms with van der Waals surface area (Å²) in [4.78, 5) is 11.1. The topological polar surface area (TPSA) is 26.3 Å². The molecule has 0 heterocycles. The number of hydrogen-bond acceptors (Lipinski definition) is 2. The minimum Gasteiger partial charge on any atom is -0.465 e. The van der Waals surface area contributed by atoms with Crippen LogP contribution in [-0.4, -0.2) is 13.1 Å². The van der Waals surface area contributed by atoms with E-state index in [1.54, 1.807) is 0 Å². The van der Waals surface area contributed by atoms with Gasteiger partial charge in [-0.2, -0.15) is 0 Å². The summed E-state index contributed by atoms with van der Waals surface area (Å²) in [7, 11) is 1.39. The number of hydrogen-bond donors (Lipinski definition) is 0. The standard InChI is InChI=1S/C11H13IO2/c1-3-10(12)8-4-6-9(7-5-8)11(13)14-2/h4-7,10H,3H2,1-2H3. The fraction of sp³-hybridized carbons (Fsp3) is 0.364. The first kappa shape index (κ1) is 11.5. The van der Waals surface area contributed by atoms with Gasteiger partial charge in [0.15, 0.2) is 0 Å². The van der Waals surface area contributed by atoms with Gasteiger partial charge in [0.1, 0.15) is 0 Å². The predicted octanol–water partition coefficient (Wildman–Crippen LogP) is 3.36. The highest BCUT2D eigenvalue weighted by molar-refractivity contribution is 14.1. The summed E-state index contributed by atoms with van der Waals surface area (Å²) in [6.45, 7) is 2.14. The quantitative estimate of drug-likeness (QED) is 0.486. The van der Waals surface area contributed by atoms with E-state index in [9.17, 15) is 4.79 Å². The first-order valence-electron chi connectivity index (χ1n) is 4.51. The Morgan fingerprint density at radius 1 is 1.43 bits per heavy atom. The van der Waals surface area contributed by atoms with Gasteiger partial charge in [0, 0.05) is 3.92 Å². The molecule has 0 amide bonds. The highest BCUT2D eigenvalue weighted by Crippen LogP contribution is 2.26. The molecule has 1 rings (SSSR count). The number of esters is 1. The van der Waals surface area contributed by atoms with Gasteiger partial charge in [0.05, 0.1) is 12.7 Å². The number of halogens is 1. The zero-order chi connectivity index (χ0) is 10.6. The molecule has 0 bridgehead atoms. The molecule has 0 aromatic heterocycles. The van der Waals surface area contributed by atoms with Crippen molar-refractivity contribution in [2.24, 2.45) is 0 Å². The molecule has 1 aromatic rings. The average Bonchev–Trinajstić information content (AvgIpc) is 2.27. The maximum atomic E-state index is 11.1. The summed E-state index contributed by atoms with van der Waals surface area (Å²) >= 11 is 2.39. The predicted molar refractivity (Wildman–Crippen MR) is 64.8 cm³/mol. The molecular formula is C11H13IO2. The van der Waals surface area contributed by atoms with Gasteiger partial charge in [-0.1, -0.05) is 41.6 Å². The van der Waals surface area contributed by atoms with Gasteiger partial charge in [-0.25, -0.2) is 4.79 Å². The Balaban J connectivity index is 2.83. The van der Waals surface area contributed by atoms with Crippen molar-refractivity contribution in [1.29, 1.82) is 0 Å². The lowest BCUT2D eigenvalue weighted by Gasteiger charge is -2.07. The second-order valence-corrected chi connectivity index (χ2v) is 4.49. The molecule has 1 unspecified atom stereocenters. The summed E-state index contributed by atoms with van der Waals surface area (Å²) < 4.78 is 5.14. The van der Waals surface area contributed by atoms with Crippen molar-refractivity contribution in [3.05, 3.63) is 35.4 Å². The molecule has 0 aliphatic rings. The minimum absolute atomic E-state index is 0.280. The Kier molecular flexibility index (Phi) is 4.38. The van der Waals surface area contributed by atoms with Crippen LogP contribution in [0.4, 0.5) is 0 Å². The molecule has 0 saturated heterocycles. The van der Waals surface area contributed by atoms with Crippen molar-refractivity contribution in [1.82, 2.24) is 0 Å². The Morgan fingerprint density at radius 2 is 2.00 bits per heavy atom. The third kappa shape index (κ3) is 2.70. The summed E-state index contributed by atoms with van der Waals surface area (Å²) in [6.07, 6.45) is 1.10. The number of alkyl halides is 1. The Labute approximate surface area is 97.8 Å². The van der Waals surface area contributed by atoms with E-state index in [0.29, 0.717) is 9.49 Å². The van der Waals surface area contributed by atoms with Crippen LogP contribution in [0.15, 0.2) is 24.3 Å². The van der Waals surface area contributed by atoms with Crippen molar-refractivity contribution in [3.8, 4) is 0 Å². The fourth-order valence-electron chi connectivity index (χ4n) is 1.18. The van der Waals surface area contributed by atoms with Crippen LogP contribution in [0.3, 0.4) is 0 Å². The summed E-state index contributed by atoms with van der Waals surface area (Å²) in [5.41, 5.74) is 1.86. The number of carbonyl (C=O) groups is 1. The van der Waals surface area contributed by atoms with Crippen LogP contribution in [0.5, 0.6) is 0 Å². The highest BCUT2D eigenvalue weighted by atomic mass is 127. The van der Waals surface area contributed by atoms with E-state index in [-0.39, 0.29) is 5.97 Å². The maximum absolute atomic E-state index is 11.1. The number of methoxy groups -OCH3 is 1. The van der Waals surface area contributed by atoms with E-state index < -0.39 is 0 Å². The Bertz CT molecular complexity index is 306. The Morgan fingerprint density at radius 3 is 2.43 bits per heavy atom. The summed E-state index contributed by atoms with van der Waals surface area (Å²) in [5, 5.41) is 0. The number of ether oxygens (including phenoxy) is 1. The molecule has 0 radical (unpaired) electrons. The largest absolute Gasteiger partial charge is 0.465 e. The zero-order valence-corrected chi connectivity index (χ0v) is 10.4. The molecule has 0 spiro atoms. The molecule has 0 N–H and O–H groups in total. The number of carbonyl (C=O) groups excluding carboxylic acids is 1. The van der Waals surface area contributed by atoms with Crippen molar-refractivity contribution < 1.29 is 9.53 Å². The van der Waals surface area contributed by atoms with Crippen molar-refractivity contribution >= 4 is 28.6 Å². The molecule has 3 heteroatoms. The summed E-state index contributed by atoms with van der Waals surface area (Å²) in [6, 6.07) is 7.57. The molecule has 0 saturated carbocycles. The second-order valence-electron chi connectivity index (χ2n) is 2.99. The van der Waals surface area contributed by atoms with Gasteiger partial charge in [-0.3, -0.25) is 0 Å². The zero-order valence-electron chi connectivity index (χ0n) is 8.29. The molecule has 1 atom stereocenters. The SMILES string of the molecule is CCC(I)c1ccc(C(=O)OC)cc1. The van der Waals surface area contributed by atoms with E-state index in [2.05, 4.69) is 34.3 Å². The fourth-order valence-corrected chi connectivity index (χ4v) is 1.60. The molecule has 0 aliphatic carbocycles. The smallest absolute Gasteiger partial charge is 0.337 e. The maximum Gasteiger partial charge on any atom is 0.337 e. The van der Waals surface area contributed by atoms with Crippen LogP contribution < -0.4 is 0 Å². The first-order valence-corrected chi connectivity index (χ1v) is 5.76. The molecule has 76 valence electrons. The number of rotatable bonds is 3. The Hall–Kier alpha value is -0.580. The third-order valence-corrected chi connectivity index (χ3v) is 3.65. The highest BCUT2D eigenvalue weighted by Gasteiger charge is 2.07. The van der Waals surface area contributed by atoms with Crippen molar-refractivity contribution in [2.75, 3.05) is 7.11 Å². The number of benzene rings is 1. The van der Waals surface area contributed by atoms with E-state index >= 15 is 0 Å². The minimum atomic E-state index is -0.280. The van der Waals surface area contributed by atoms with Gasteiger partial charge in [-0.15, -0.1) is 0 Å². The van der Waals surface area contributed by atoms with Crippen LogP contribution in [0.2, 0.25) is 0 Å². The molecule has 0 aliphatic heterocycles. The normalized spacial score (nSPS) is 12.2. The molecule has 14 heavy (non-hydrogen) atoms. The van der Waals surface area contributed by atoms with E-state index in [1.165, 1.54) is 12.7 Å². The van der Waals surface area contributed by atoms with E-state index in [1.807, 2.05) is 24.3 Å². The van der Waals surface area contributed by atoms with Crippen molar-refractivity contribution in [2.45, 2.75) is 17.3 Å². The monoisotopic (exact) mass is 304 g/mol. The third-order valence-electron chi connectivity index (χ3n) is 2.05. The van der Waals surface area contributed by atoms with E-state index in [0.717, 1.165) is 6.42 Å². The van der Waals surface area contributed by atoms with Crippen LogP contribution in [0.1, 0.15) is 33.2 Å². The lowest BCUT2D eigenvalue weighted by Crippen LogP contribution is -2.01.